The number of rotatable bonds is 6. The van der Waals surface area contributed by atoms with Gasteiger partial charge in [0.05, 0.1) is 19.2 Å². The molecule has 0 fully saturated rings. The smallest absolute Gasteiger partial charge is 0.196 e. The molecule has 0 radical (unpaired) electrons. The number of hydrogen-bond acceptors (Lipinski definition) is 2. The van der Waals surface area contributed by atoms with E-state index in [1.165, 1.54) is 5.56 Å². The Morgan fingerprint density at radius 1 is 1.09 bits per heavy atom. The number of nitrogens with one attached hydrogen (secondary N) is 2. The van der Waals surface area contributed by atoms with Crippen molar-refractivity contribution in [3.8, 4) is 0 Å². The van der Waals surface area contributed by atoms with Crippen molar-refractivity contribution in [2.24, 2.45) is 4.99 Å². The van der Waals surface area contributed by atoms with E-state index in [1.807, 2.05) is 37.3 Å². The summed E-state index contributed by atoms with van der Waals surface area (Å²) in [6.45, 7) is 4.78. The molecule has 0 bridgehead atoms. The number of anilines is 1. The number of para-hydroxylation sites is 1. The number of aliphatic hydroxyl groups is 1. The zero-order valence-corrected chi connectivity index (χ0v) is 13.8. The van der Waals surface area contributed by atoms with E-state index in [0.717, 1.165) is 17.7 Å². The van der Waals surface area contributed by atoms with E-state index in [4.69, 9.17) is 0 Å². The lowest BCUT2D eigenvalue weighted by atomic mass is 10.1. The summed E-state index contributed by atoms with van der Waals surface area (Å²) in [6.07, 6.45) is 0.830. The van der Waals surface area contributed by atoms with E-state index in [2.05, 4.69) is 46.8 Å². The molecule has 2 aromatic rings. The Kier molecular flexibility index (Phi) is 6.63. The maximum absolute atomic E-state index is 9.41. The normalized spacial score (nSPS) is 12.7. The van der Waals surface area contributed by atoms with Crippen LogP contribution in [0.1, 0.15) is 24.5 Å². The second kappa shape index (κ2) is 8.96. The van der Waals surface area contributed by atoms with Gasteiger partial charge in [0.15, 0.2) is 5.96 Å². The zero-order chi connectivity index (χ0) is 16.5. The average molecular weight is 311 g/mol. The van der Waals surface area contributed by atoms with Crippen LogP contribution in [0.25, 0.3) is 0 Å². The van der Waals surface area contributed by atoms with Crippen LogP contribution in [-0.2, 0) is 6.54 Å². The van der Waals surface area contributed by atoms with Gasteiger partial charge < -0.3 is 15.7 Å². The van der Waals surface area contributed by atoms with Gasteiger partial charge in [0.1, 0.15) is 0 Å². The van der Waals surface area contributed by atoms with Gasteiger partial charge in [-0.1, -0.05) is 55.0 Å². The van der Waals surface area contributed by atoms with Crippen LogP contribution >= 0.6 is 0 Å². The number of aliphatic hydroxyl groups excluding tert-OH is 1. The van der Waals surface area contributed by atoms with Gasteiger partial charge in [0, 0.05) is 5.69 Å². The molecular weight excluding hydrogens is 286 g/mol. The third-order valence-electron chi connectivity index (χ3n) is 3.63. The largest absolute Gasteiger partial charge is 0.394 e. The number of benzene rings is 2. The molecular formula is C19H25N3O. The van der Waals surface area contributed by atoms with E-state index in [0.29, 0.717) is 12.5 Å². The number of hydrogen-bond donors (Lipinski definition) is 3. The monoisotopic (exact) mass is 311 g/mol. The molecule has 0 saturated heterocycles. The Labute approximate surface area is 138 Å². The third-order valence-corrected chi connectivity index (χ3v) is 3.63. The maximum atomic E-state index is 9.41. The average Bonchev–Trinajstić information content (AvgIpc) is 2.59. The fourth-order valence-electron chi connectivity index (χ4n) is 2.11. The van der Waals surface area contributed by atoms with Crippen molar-refractivity contribution in [1.82, 2.24) is 5.32 Å². The van der Waals surface area contributed by atoms with Gasteiger partial charge in [-0.15, -0.1) is 0 Å². The highest BCUT2D eigenvalue weighted by atomic mass is 16.3. The third kappa shape index (κ3) is 5.75. The number of nitrogens with zero attached hydrogens (tertiary/aromatic N) is 1. The van der Waals surface area contributed by atoms with Crippen LogP contribution in [0, 0.1) is 6.92 Å². The van der Waals surface area contributed by atoms with Crippen LogP contribution in [0.15, 0.2) is 59.6 Å². The van der Waals surface area contributed by atoms with E-state index >= 15 is 0 Å². The lowest BCUT2D eigenvalue weighted by Gasteiger charge is -2.18. The van der Waals surface area contributed by atoms with Crippen LogP contribution in [0.3, 0.4) is 0 Å². The fourth-order valence-corrected chi connectivity index (χ4v) is 2.11. The first-order chi connectivity index (χ1) is 11.2. The second-order valence-electron chi connectivity index (χ2n) is 5.57. The Hall–Kier alpha value is -2.33. The molecule has 0 amide bonds. The Morgan fingerprint density at radius 3 is 2.39 bits per heavy atom. The highest BCUT2D eigenvalue weighted by molar-refractivity contribution is 5.93. The molecule has 1 atom stereocenters. The Morgan fingerprint density at radius 2 is 1.78 bits per heavy atom. The summed E-state index contributed by atoms with van der Waals surface area (Å²) in [5.41, 5.74) is 3.36. The van der Waals surface area contributed by atoms with Crippen molar-refractivity contribution in [3.05, 3.63) is 65.7 Å². The summed E-state index contributed by atoms with van der Waals surface area (Å²) >= 11 is 0. The Balaban J connectivity index is 2.10. The zero-order valence-electron chi connectivity index (χ0n) is 13.8. The van der Waals surface area contributed by atoms with Gasteiger partial charge >= 0.3 is 0 Å². The summed E-state index contributed by atoms with van der Waals surface area (Å²) in [7, 11) is 0. The quantitative estimate of drug-likeness (QED) is 0.566. The fraction of sp³-hybridized carbons (Fsp3) is 0.316. The molecule has 0 saturated carbocycles. The molecule has 0 heterocycles. The molecule has 0 aromatic heterocycles. The molecule has 0 aliphatic heterocycles. The van der Waals surface area contributed by atoms with Gasteiger partial charge in [0.25, 0.3) is 0 Å². The standard InChI is InChI=1S/C19H25N3O/c1-3-17(14-23)21-19(22-18-7-5-4-6-8-18)20-13-16-11-9-15(2)10-12-16/h4-12,17,23H,3,13-14H2,1-2H3,(H2,20,21,22)/t17-/m1/s1. The first-order valence-electron chi connectivity index (χ1n) is 8.00. The first kappa shape index (κ1) is 17.0. The first-order valence-corrected chi connectivity index (χ1v) is 8.00. The van der Waals surface area contributed by atoms with Crippen LogP contribution in [0.2, 0.25) is 0 Å². The van der Waals surface area contributed by atoms with Gasteiger partial charge in [0.2, 0.25) is 0 Å². The lowest BCUT2D eigenvalue weighted by Crippen LogP contribution is -2.41. The number of guanidine groups is 1. The molecule has 2 rings (SSSR count). The molecule has 4 nitrogen and oxygen atoms in total. The lowest BCUT2D eigenvalue weighted by molar-refractivity contribution is 0.252. The molecule has 0 aliphatic rings. The van der Waals surface area contributed by atoms with Gasteiger partial charge in [-0.05, 0) is 31.0 Å². The summed E-state index contributed by atoms with van der Waals surface area (Å²) < 4.78 is 0. The summed E-state index contributed by atoms with van der Waals surface area (Å²) in [5, 5.41) is 16.0. The minimum Gasteiger partial charge on any atom is -0.394 e. The molecule has 0 unspecified atom stereocenters. The molecule has 3 N–H and O–H groups in total. The SMILES string of the molecule is CC[C@H](CO)NC(=NCc1ccc(C)cc1)Nc1ccccc1. The van der Waals surface area contributed by atoms with Crippen molar-refractivity contribution < 1.29 is 5.11 Å². The van der Waals surface area contributed by atoms with Gasteiger partial charge in [-0.3, -0.25) is 0 Å². The minimum atomic E-state index is -0.0111. The van der Waals surface area contributed by atoms with Crippen LogP contribution in [0.5, 0.6) is 0 Å². The maximum Gasteiger partial charge on any atom is 0.196 e. The van der Waals surface area contributed by atoms with Crippen LogP contribution in [-0.4, -0.2) is 23.7 Å². The molecule has 0 aliphatic carbocycles. The van der Waals surface area contributed by atoms with Gasteiger partial charge in [-0.2, -0.15) is 0 Å². The van der Waals surface area contributed by atoms with Crippen LogP contribution < -0.4 is 10.6 Å². The van der Waals surface area contributed by atoms with Crippen molar-refractivity contribution in [2.75, 3.05) is 11.9 Å². The van der Waals surface area contributed by atoms with Crippen molar-refractivity contribution >= 4 is 11.6 Å². The molecule has 122 valence electrons. The number of aryl methyl sites for hydroxylation is 1. The summed E-state index contributed by atoms with van der Waals surface area (Å²) in [5.74, 6) is 0.678. The van der Waals surface area contributed by atoms with E-state index < -0.39 is 0 Å². The van der Waals surface area contributed by atoms with E-state index in [-0.39, 0.29) is 12.6 Å². The second-order valence-corrected chi connectivity index (χ2v) is 5.57. The highest BCUT2D eigenvalue weighted by Gasteiger charge is 2.08. The topological polar surface area (TPSA) is 56.6 Å². The van der Waals surface area contributed by atoms with Crippen molar-refractivity contribution in [1.29, 1.82) is 0 Å². The molecule has 23 heavy (non-hydrogen) atoms. The minimum absolute atomic E-state index is 0.0111. The van der Waals surface area contributed by atoms with Crippen LogP contribution in [0.4, 0.5) is 5.69 Å². The molecule has 4 heteroatoms. The van der Waals surface area contributed by atoms with Gasteiger partial charge in [-0.25, -0.2) is 4.99 Å². The van der Waals surface area contributed by atoms with E-state index in [1.54, 1.807) is 0 Å². The predicted molar refractivity (Wildman–Crippen MR) is 96.7 cm³/mol. The van der Waals surface area contributed by atoms with Crippen molar-refractivity contribution in [3.63, 3.8) is 0 Å². The summed E-state index contributed by atoms with van der Waals surface area (Å²) in [6, 6.07) is 18.2. The summed E-state index contributed by atoms with van der Waals surface area (Å²) in [4.78, 5) is 4.64. The molecule has 2 aromatic carbocycles. The molecule has 0 spiro atoms. The number of aliphatic imine (C=N–C) groups is 1. The predicted octanol–water partition coefficient (Wildman–Crippen LogP) is 3.32. The van der Waals surface area contributed by atoms with Crippen molar-refractivity contribution in [2.45, 2.75) is 32.9 Å². The van der Waals surface area contributed by atoms with E-state index in [9.17, 15) is 5.11 Å². The Bertz CT molecular complexity index is 604. The highest BCUT2D eigenvalue weighted by Crippen LogP contribution is 2.07.